The highest BCUT2D eigenvalue weighted by Gasteiger charge is 2.20. The number of benzene rings is 2. The number of ketones is 1. The summed E-state index contributed by atoms with van der Waals surface area (Å²) in [5.74, 6) is 0.632. The van der Waals surface area contributed by atoms with Crippen LogP contribution in [0.3, 0.4) is 0 Å². The molecule has 158 valence electrons. The maximum atomic E-state index is 13.5. The second-order valence-corrected chi connectivity index (χ2v) is 8.54. The van der Waals surface area contributed by atoms with Crippen molar-refractivity contribution in [2.75, 3.05) is 7.11 Å². The lowest BCUT2D eigenvalue weighted by atomic mass is 10.1. The number of ether oxygens (including phenoxy) is 1. The predicted octanol–water partition coefficient (Wildman–Crippen LogP) is 6.10. The highest BCUT2D eigenvalue weighted by atomic mass is 35.5. The zero-order chi connectivity index (χ0) is 22.1. The van der Waals surface area contributed by atoms with Crippen molar-refractivity contribution < 1.29 is 9.53 Å². The summed E-state index contributed by atoms with van der Waals surface area (Å²) in [5, 5.41) is 1.54. The van der Waals surface area contributed by atoms with Crippen LogP contribution < -0.4 is 4.74 Å². The zero-order valence-corrected chi connectivity index (χ0v) is 18.7. The van der Waals surface area contributed by atoms with Crippen LogP contribution in [0.15, 0.2) is 79.1 Å². The third kappa shape index (κ3) is 3.90. The molecule has 0 saturated carbocycles. The fourth-order valence-corrected chi connectivity index (χ4v) is 4.48. The van der Waals surface area contributed by atoms with Crippen LogP contribution in [0.5, 0.6) is 5.75 Å². The van der Waals surface area contributed by atoms with Gasteiger partial charge in [0.15, 0.2) is 0 Å². The molecule has 0 spiro atoms. The van der Waals surface area contributed by atoms with E-state index in [0.717, 1.165) is 22.2 Å². The van der Waals surface area contributed by atoms with Gasteiger partial charge in [0.2, 0.25) is 5.78 Å². The Balaban J connectivity index is 1.56. The molecule has 0 aliphatic heterocycles. The first-order valence-electron chi connectivity index (χ1n) is 9.96. The summed E-state index contributed by atoms with van der Waals surface area (Å²) in [6, 6.07) is 20.9. The Bertz CT molecular complexity index is 1410. The van der Waals surface area contributed by atoms with E-state index in [1.807, 2.05) is 66.9 Å². The fraction of sp³-hybridized carbons (Fsp3) is 0.0800. The highest BCUT2D eigenvalue weighted by Crippen LogP contribution is 2.30. The Labute approximate surface area is 194 Å². The summed E-state index contributed by atoms with van der Waals surface area (Å²) in [7, 11) is 1.62. The van der Waals surface area contributed by atoms with Crippen molar-refractivity contribution in [1.29, 1.82) is 0 Å². The first kappa shape index (κ1) is 20.4. The van der Waals surface area contributed by atoms with Gasteiger partial charge in [0, 0.05) is 40.4 Å². The summed E-state index contributed by atoms with van der Waals surface area (Å²) in [4.78, 5) is 18.4. The molecule has 5 nitrogen and oxygen atoms in total. The highest BCUT2D eigenvalue weighted by molar-refractivity contribution is 7.08. The molecular formula is C25H18ClN3O2S. The molecule has 7 heteroatoms. The van der Waals surface area contributed by atoms with Gasteiger partial charge in [-0.3, -0.25) is 9.78 Å². The van der Waals surface area contributed by atoms with Gasteiger partial charge < -0.3 is 9.30 Å². The van der Waals surface area contributed by atoms with Crippen molar-refractivity contribution >= 4 is 39.8 Å². The second-order valence-electron chi connectivity index (χ2n) is 7.30. The number of rotatable bonds is 6. The number of fused-ring (bicyclic) bond motifs is 1. The van der Waals surface area contributed by atoms with Crippen LogP contribution in [0.4, 0.5) is 0 Å². The lowest BCUT2D eigenvalue weighted by Gasteiger charge is -2.06. The summed E-state index contributed by atoms with van der Waals surface area (Å²) in [6.07, 6.45) is 3.62. The Morgan fingerprint density at radius 2 is 1.91 bits per heavy atom. The number of methoxy groups -OCH3 is 1. The number of carbonyl (C=O) groups excluding carboxylic acids is 1. The summed E-state index contributed by atoms with van der Waals surface area (Å²) < 4.78 is 11.9. The Hall–Kier alpha value is -3.48. The Morgan fingerprint density at radius 3 is 2.66 bits per heavy atom. The predicted molar refractivity (Wildman–Crippen MR) is 128 cm³/mol. The van der Waals surface area contributed by atoms with Crippen LogP contribution in [-0.4, -0.2) is 26.8 Å². The van der Waals surface area contributed by atoms with E-state index >= 15 is 0 Å². The third-order valence-electron chi connectivity index (χ3n) is 5.26. The zero-order valence-electron chi connectivity index (χ0n) is 17.2. The van der Waals surface area contributed by atoms with Gasteiger partial charge in [-0.15, -0.1) is 0 Å². The molecule has 5 rings (SSSR count). The Morgan fingerprint density at radius 1 is 1.06 bits per heavy atom. The summed E-state index contributed by atoms with van der Waals surface area (Å²) >= 11 is 7.21. The number of halogens is 1. The molecule has 0 fully saturated rings. The van der Waals surface area contributed by atoms with Crippen molar-refractivity contribution in [2.45, 2.75) is 6.54 Å². The van der Waals surface area contributed by atoms with E-state index in [-0.39, 0.29) is 5.78 Å². The molecule has 0 atom stereocenters. The number of aromatic nitrogens is 3. The first-order chi connectivity index (χ1) is 15.6. The average Bonchev–Trinajstić information content (AvgIpc) is 3.46. The number of pyridine rings is 1. The van der Waals surface area contributed by atoms with Gasteiger partial charge in [-0.25, -0.2) is 0 Å². The van der Waals surface area contributed by atoms with E-state index in [9.17, 15) is 4.79 Å². The van der Waals surface area contributed by atoms with Gasteiger partial charge in [-0.2, -0.15) is 4.37 Å². The van der Waals surface area contributed by atoms with Gasteiger partial charge >= 0.3 is 0 Å². The van der Waals surface area contributed by atoms with Crippen molar-refractivity contribution in [3.63, 3.8) is 0 Å². The summed E-state index contributed by atoms with van der Waals surface area (Å²) in [5.41, 5.74) is 4.11. The molecule has 0 aliphatic rings. The van der Waals surface area contributed by atoms with Gasteiger partial charge in [0.25, 0.3) is 0 Å². The molecule has 0 aliphatic carbocycles. The molecule has 0 amide bonds. The maximum absolute atomic E-state index is 13.5. The number of nitrogens with zero attached hydrogens (tertiary/aromatic N) is 3. The molecule has 2 aromatic carbocycles. The van der Waals surface area contributed by atoms with Crippen molar-refractivity contribution in [1.82, 2.24) is 13.9 Å². The van der Waals surface area contributed by atoms with Crippen LogP contribution in [-0.2, 0) is 6.54 Å². The van der Waals surface area contributed by atoms with Crippen LogP contribution in [0.2, 0.25) is 5.02 Å². The topological polar surface area (TPSA) is 57.0 Å². The lowest BCUT2D eigenvalue weighted by molar-refractivity contribution is 0.104. The van der Waals surface area contributed by atoms with E-state index < -0.39 is 0 Å². The van der Waals surface area contributed by atoms with Gasteiger partial charge in [0.1, 0.15) is 11.4 Å². The smallest absolute Gasteiger partial charge is 0.206 e. The monoisotopic (exact) mass is 459 g/mol. The minimum atomic E-state index is -0.0715. The molecule has 0 N–H and O–H groups in total. The fourth-order valence-electron chi connectivity index (χ4n) is 3.65. The minimum Gasteiger partial charge on any atom is -0.497 e. The quantitative estimate of drug-likeness (QED) is 0.288. The second kappa shape index (κ2) is 8.57. The van der Waals surface area contributed by atoms with Crippen molar-refractivity contribution in [3.05, 3.63) is 100 Å². The van der Waals surface area contributed by atoms with Crippen molar-refractivity contribution in [2.24, 2.45) is 0 Å². The third-order valence-corrected chi connectivity index (χ3v) is 6.30. The van der Waals surface area contributed by atoms with Crippen LogP contribution in [0, 0.1) is 0 Å². The van der Waals surface area contributed by atoms with Gasteiger partial charge in [-0.05, 0) is 65.6 Å². The largest absolute Gasteiger partial charge is 0.497 e. The average molecular weight is 460 g/mol. The van der Waals surface area contributed by atoms with E-state index in [1.165, 1.54) is 11.5 Å². The Kier molecular flexibility index (Phi) is 5.47. The molecule has 32 heavy (non-hydrogen) atoms. The normalized spacial score (nSPS) is 11.1. The maximum Gasteiger partial charge on any atom is 0.206 e. The van der Waals surface area contributed by atoms with Crippen LogP contribution in [0.1, 0.15) is 20.8 Å². The number of hydrogen-bond acceptors (Lipinski definition) is 5. The standard InChI is InChI=1S/C25H18ClN3O2S/c1-31-18-9-10-23-19(12-18)20(15-29(23)14-16-5-7-17(26)8-6-16)25(30)24-13-22(28-32-24)21-4-2-3-11-27-21/h2-13,15H,14H2,1H3. The van der Waals surface area contributed by atoms with Crippen molar-refractivity contribution in [3.8, 4) is 17.1 Å². The van der Waals surface area contributed by atoms with E-state index in [4.69, 9.17) is 16.3 Å². The number of carbonyl (C=O) groups is 1. The molecule has 0 unspecified atom stereocenters. The molecule has 3 heterocycles. The van der Waals surface area contributed by atoms with Gasteiger partial charge in [0.05, 0.1) is 17.7 Å². The molecule has 5 aromatic rings. The molecule has 0 saturated heterocycles. The van der Waals surface area contributed by atoms with Gasteiger partial charge in [-0.1, -0.05) is 29.8 Å². The number of hydrogen-bond donors (Lipinski definition) is 0. The van der Waals surface area contributed by atoms with E-state index in [2.05, 4.69) is 13.9 Å². The SMILES string of the molecule is COc1ccc2c(c1)c(C(=O)c1cc(-c3ccccn3)ns1)cn2Cc1ccc(Cl)cc1. The molecular weight excluding hydrogens is 442 g/mol. The lowest BCUT2D eigenvalue weighted by Crippen LogP contribution is -1.99. The molecule has 3 aromatic heterocycles. The first-order valence-corrected chi connectivity index (χ1v) is 11.1. The van der Waals surface area contributed by atoms with E-state index in [0.29, 0.717) is 33.5 Å². The van der Waals surface area contributed by atoms with Crippen LogP contribution in [0.25, 0.3) is 22.3 Å². The molecule has 0 radical (unpaired) electrons. The van der Waals surface area contributed by atoms with E-state index in [1.54, 1.807) is 19.4 Å². The molecule has 0 bridgehead atoms. The summed E-state index contributed by atoms with van der Waals surface area (Å²) in [6.45, 7) is 0.620. The van der Waals surface area contributed by atoms with Crippen LogP contribution >= 0.6 is 23.1 Å². The minimum absolute atomic E-state index is 0.0715.